The molecule has 0 bridgehead atoms. The fourth-order valence-electron chi connectivity index (χ4n) is 2.46. The van der Waals surface area contributed by atoms with Crippen LogP contribution in [0.1, 0.15) is 18.9 Å². The van der Waals surface area contributed by atoms with Crippen molar-refractivity contribution in [3.05, 3.63) is 29.8 Å². The summed E-state index contributed by atoms with van der Waals surface area (Å²) in [4.78, 5) is 2.36. The van der Waals surface area contributed by atoms with Gasteiger partial charge in [-0.2, -0.15) is 0 Å². The average Bonchev–Trinajstić information content (AvgIpc) is 2.45. The first-order valence-electron chi connectivity index (χ1n) is 6.91. The highest BCUT2D eigenvalue weighted by atomic mass is 16.5. The second-order valence-electron chi connectivity index (χ2n) is 4.92. The van der Waals surface area contributed by atoms with Crippen molar-refractivity contribution in [2.24, 2.45) is 0 Å². The number of anilines is 1. The van der Waals surface area contributed by atoms with Crippen molar-refractivity contribution in [3.8, 4) is 0 Å². The highest BCUT2D eigenvalue weighted by Gasteiger charge is 2.14. The number of hydrogen-bond acceptors (Lipinski definition) is 3. The number of para-hydroxylation sites is 1. The summed E-state index contributed by atoms with van der Waals surface area (Å²) in [7, 11) is 2.18. The first-order valence-corrected chi connectivity index (χ1v) is 6.91. The molecule has 100 valence electrons. The lowest BCUT2D eigenvalue weighted by Crippen LogP contribution is -2.43. The van der Waals surface area contributed by atoms with Gasteiger partial charge in [-0.3, -0.25) is 0 Å². The number of rotatable bonds is 5. The first-order chi connectivity index (χ1) is 8.81. The summed E-state index contributed by atoms with van der Waals surface area (Å²) in [5.74, 6) is 0. The number of ether oxygens (including phenoxy) is 1. The van der Waals surface area contributed by atoms with Crippen LogP contribution in [-0.2, 0) is 11.2 Å². The van der Waals surface area contributed by atoms with E-state index in [-0.39, 0.29) is 0 Å². The maximum Gasteiger partial charge on any atom is 0.0620 e. The van der Waals surface area contributed by atoms with Crippen LogP contribution in [0, 0.1) is 0 Å². The first kappa shape index (κ1) is 13.4. The predicted octanol–water partition coefficient (Wildman–Crippen LogP) is 2.06. The molecule has 0 aliphatic carbocycles. The second-order valence-corrected chi connectivity index (χ2v) is 4.92. The van der Waals surface area contributed by atoms with Gasteiger partial charge in [0.1, 0.15) is 0 Å². The van der Waals surface area contributed by atoms with Crippen molar-refractivity contribution in [1.29, 1.82) is 0 Å². The fraction of sp³-hybridized carbons (Fsp3) is 0.600. The van der Waals surface area contributed by atoms with E-state index in [0.717, 1.165) is 39.1 Å². The molecule has 3 nitrogen and oxygen atoms in total. The monoisotopic (exact) mass is 248 g/mol. The lowest BCUT2D eigenvalue weighted by molar-refractivity contribution is 0.0749. The van der Waals surface area contributed by atoms with Crippen LogP contribution in [-0.4, -0.2) is 39.4 Å². The molecule has 0 spiro atoms. The quantitative estimate of drug-likeness (QED) is 0.863. The van der Waals surface area contributed by atoms with Crippen LogP contribution >= 0.6 is 0 Å². The molecule has 2 rings (SSSR count). The van der Waals surface area contributed by atoms with Gasteiger partial charge in [0.25, 0.3) is 0 Å². The van der Waals surface area contributed by atoms with Crippen LogP contribution < -0.4 is 10.2 Å². The van der Waals surface area contributed by atoms with Crippen LogP contribution in [0.5, 0.6) is 0 Å². The fourth-order valence-corrected chi connectivity index (χ4v) is 2.46. The van der Waals surface area contributed by atoms with E-state index in [1.165, 1.54) is 11.3 Å². The van der Waals surface area contributed by atoms with Crippen molar-refractivity contribution < 1.29 is 4.74 Å². The minimum absolute atomic E-state index is 0.509. The summed E-state index contributed by atoms with van der Waals surface area (Å²) >= 11 is 0. The Morgan fingerprint density at radius 2 is 2.22 bits per heavy atom. The van der Waals surface area contributed by atoms with Gasteiger partial charge < -0.3 is 15.0 Å². The molecule has 18 heavy (non-hydrogen) atoms. The molecule has 1 atom stereocenters. The Morgan fingerprint density at radius 1 is 1.39 bits per heavy atom. The van der Waals surface area contributed by atoms with Crippen molar-refractivity contribution in [1.82, 2.24) is 5.32 Å². The minimum atomic E-state index is 0.509. The van der Waals surface area contributed by atoms with Crippen molar-refractivity contribution >= 4 is 5.69 Å². The van der Waals surface area contributed by atoms with Gasteiger partial charge in [0.05, 0.1) is 13.2 Å². The van der Waals surface area contributed by atoms with Crippen LogP contribution in [0.4, 0.5) is 5.69 Å². The SMILES string of the molecule is CCc1ccccc1N(C)CCC1COCCN1. The molecular formula is C15H24N2O. The van der Waals surface area contributed by atoms with Gasteiger partial charge >= 0.3 is 0 Å². The molecule has 1 saturated heterocycles. The Labute approximate surface area is 110 Å². The third kappa shape index (κ3) is 3.47. The molecule has 1 aromatic carbocycles. The number of hydrogen-bond donors (Lipinski definition) is 1. The number of morpholine rings is 1. The topological polar surface area (TPSA) is 24.5 Å². The van der Waals surface area contributed by atoms with Gasteiger partial charge in [-0.15, -0.1) is 0 Å². The maximum atomic E-state index is 5.48. The summed E-state index contributed by atoms with van der Waals surface area (Å²) in [6.07, 6.45) is 2.22. The molecule has 1 aliphatic rings. The smallest absolute Gasteiger partial charge is 0.0620 e. The molecule has 1 unspecified atom stereocenters. The highest BCUT2D eigenvalue weighted by Crippen LogP contribution is 2.20. The molecule has 0 amide bonds. The molecule has 1 aliphatic heterocycles. The summed E-state index contributed by atoms with van der Waals surface area (Å²) in [5.41, 5.74) is 2.78. The molecule has 0 saturated carbocycles. The lowest BCUT2D eigenvalue weighted by atomic mass is 10.1. The zero-order chi connectivity index (χ0) is 12.8. The molecule has 0 aromatic heterocycles. The molecule has 1 fully saturated rings. The maximum absolute atomic E-state index is 5.48. The van der Waals surface area contributed by atoms with E-state index < -0.39 is 0 Å². The standard InChI is InChI=1S/C15H24N2O/c1-3-13-6-4-5-7-15(13)17(2)10-8-14-12-18-11-9-16-14/h4-7,14,16H,3,8-12H2,1-2H3. The van der Waals surface area contributed by atoms with Gasteiger partial charge in [0.2, 0.25) is 0 Å². The Bertz CT molecular complexity index is 361. The van der Waals surface area contributed by atoms with Crippen LogP contribution in [0.2, 0.25) is 0 Å². The number of aryl methyl sites for hydroxylation is 1. The largest absolute Gasteiger partial charge is 0.379 e. The Balaban J connectivity index is 1.88. The van der Waals surface area contributed by atoms with E-state index in [4.69, 9.17) is 4.74 Å². The Morgan fingerprint density at radius 3 is 2.94 bits per heavy atom. The minimum Gasteiger partial charge on any atom is -0.379 e. The normalized spacial score (nSPS) is 19.8. The zero-order valence-electron chi connectivity index (χ0n) is 11.5. The summed E-state index contributed by atoms with van der Waals surface area (Å²) in [5, 5.41) is 3.50. The predicted molar refractivity (Wildman–Crippen MR) is 76.3 cm³/mol. The third-order valence-electron chi connectivity index (χ3n) is 3.60. The lowest BCUT2D eigenvalue weighted by Gasteiger charge is -2.28. The van der Waals surface area contributed by atoms with E-state index in [1.54, 1.807) is 0 Å². The summed E-state index contributed by atoms with van der Waals surface area (Å²) < 4.78 is 5.48. The van der Waals surface area contributed by atoms with Gasteiger partial charge in [-0.1, -0.05) is 25.1 Å². The van der Waals surface area contributed by atoms with Gasteiger partial charge in [-0.25, -0.2) is 0 Å². The number of nitrogens with one attached hydrogen (secondary N) is 1. The van der Waals surface area contributed by atoms with Crippen molar-refractivity contribution in [2.45, 2.75) is 25.8 Å². The van der Waals surface area contributed by atoms with E-state index >= 15 is 0 Å². The molecular weight excluding hydrogens is 224 g/mol. The van der Waals surface area contributed by atoms with Crippen LogP contribution in [0.3, 0.4) is 0 Å². The molecule has 1 N–H and O–H groups in total. The molecule has 1 aromatic rings. The average molecular weight is 248 g/mol. The van der Waals surface area contributed by atoms with E-state index in [1.807, 2.05) is 0 Å². The van der Waals surface area contributed by atoms with Gasteiger partial charge in [-0.05, 0) is 24.5 Å². The molecule has 1 heterocycles. The van der Waals surface area contributed by atoms with Gasteiger partial charge in [0.15, 0.2) is 0 Å². The van der Waals surface area contributed by atoms with Gasteiger partial charge in [0, 0.05) is 31.9 Å². The van der Waals surface area contributed by atoms with Crippen molar-refractivity contribution in [3.63, 3.8) is 0 Å². The summed E-state index contributed by atoms with van der Waals surface area (Å²) in [6.45, 7) is 5.97. The molecule has 3 heteroatoms. The Kier molecular flexibility index (Phi) is 5.02. The zero-order valence-corrected chi connectivity index (χ0v) is 11.5. The number of benzene rings is 1. The van der Waals surface area contributed by atoms with Crippen LogP contribution in [0.25, 0.3) is 0 Å². The summed E-state index contributed by atoms with van der Waals surface area (Å²) in [6, 6.07) is 9.17. The van der Waals surface area contributed by atoms with E-state index in [0.29, 0.717) is 6.04 Å². The second kappa shape index (κ2) is 6.76. The molecule has 0 radical (unpaired) electrons. The van der Waals surface area contributed by atoms with Crippen molar-refractivity contribution in [2.75, 3.05) is 38.3 Å². The highest BCUT2D eigenvalue weighted by molar-refractivity contribution is 5.52. The van der Waals surface area contributed by atoms with Crippen LogP contribution in [0.15, 0.2) is 24.3 Å². The van der Waals surface area contributed by atoms with E-state index in [2.05, 4.69) is 48.5 Å². The van der Waals surface area contributed by atoms with E-state index in [9.17, 15) is 0 Å². The third-order valence-corrected chi connectivity index (χ3v) is 3.60. The number of nitrogens with zero attached hydrogens (tertiary/aromatic N) is 1. The Hall–Kier alpha value is -1.06.